The summed E-state index contributed by atoms with van der Waals surface area (Å²) in [5.41, 5.74) is -0.130. The van der Waals surface area contributed by atoms with E-state index < -0.39 is 29.2 Å². The normalized spacial score (nSPS) is 15.2. The number of nitrogens with one attached hydrogen (secondary N) is 1. The molecule has 1 aliphatic rings. The van der Waals surface area contributed by atoms with Crippen LogP contribution in [0, 0.1) is 11.6 Å². The maximum Gasteiger partial charge on any atom is 0.252 e. The van der Waals surface area contributed by atoms with Crippen molar-refractivity contribution >= 4 is 11.7 Å². The summed E-state index contributed by atoms with van der Waals surface area (Å²) in [6.07, 6.45) is 2.25. The summed E-state index contributed by atoms with van der Waals surface area (Å²) in [6, 6.07) is 6.75. The van der Waals surface area contributed by atoms with Crippen molar-refractivity contribution in [3.8, 4) is 0 Å². The number of carbonyl (C=O) groups excluding carboxylic acids is 1. The molecule has 0 bridgehead atoms. The van der Waals surface area contributed by atoms with Gasteiger partial charge < -0.3 is 15.3 Å². The van der Waals surface area contributed by atoms with Crippen LogP contribution in [0.25, 0.3) is 0 Å². The van der Waals surface area contributed by atoms with E-state index in [1.165, 1.54) is 12.3 Å². The molecule has 1 fully saturated rings. The molecule has 3 rings (SSSR count). The maximum absolute atomic E-state index is 13.6. The minimum absolute atomic E-state index is 0.301. The number of nitrogens with zero attached hydrogens (tertiary/aromatic N) is 2. The molecule has 0 spiro atoms. The van der Waals surface area contributed by atoms with Gasteiger partial charge in [0.2, 0.25) is 0 Å². The fourth-order valence-corrected chi connectivity index (χ4v) is 2.88. The Hall–Kier alpha value is -2.54. The highest BCUT2D eigenvalue weighted by molar-refractivity contribution is 5.94. The fraction of sp³-hybridized carbons (Fsp3) is 0.333. The first-order valence-corrected chi connectivity index (χ1v) is 8.17. The number of carbonyl (C=O) groups is 1. The Kier molecular flexibility index (Phi) is 5.23. The van der Waals surface area contributed by atoms with Crippen LogP contribution in [0.15, 0.2) is 36.5 Å². The molecule has 25 heavy (non-hydrogen) atoms. The van der Waals surface area contributed by atoms with Gasteiger partial charge in [0.15, 0.2) is 0 Å². The first kappa shape index (κ1) is 17.3. The second kappa shape index (κ2) is 7.57. The molecule has 1 aliphatic heterocycles. The van der Waals surface area contributed by atoms with Crippen LogP contribution in [0.3, 0.4) is 0 Å². The molecular formula is C18H19F2N3O2. The Morgan fingerprint density at radius 1 is 1.20 bits per heavy atom. The molecule has 0 aliphatic carbocycles. The Morgan fingerprint density at radius 2 is 1.88 bits per heavy atom. The molecule has 1 saturated heterocycles. The van der Waals surface area contributed by atoms with Gasteiger partial charge >= 0.3 is 0 Å². The zero-order valence-corrected chi connectivity index (χ0v) is 13.6. The van der Waals surface area contributed by atoms with E-state index in [9.17, 15) is 18.7 Å². The summed E-state index contributed by atoms with van der Waals surface area (Å²) in [5, 5.41) is 12.4. The number of pyridine rings is 1. The summed E-state index contributed by atoms with van der Waals surface area (Å²) < 4.78 is 27.2. The standard InChI is InChI=1S/C18H19F2N3O2/c19-13-4-3-5-14(20)17(13)15(24)11-22-18(25)12-6-7-16(21-10-12)23-8-1-2-9-23/h3-7,10,15,24H,1-2,8-9,11H2,(H,22,25)/t15-/m0/s1. The molecule has 1 amide bonds. The second-order valence-electron chi connectivity index (χ2n) is 5.96. The van der Waals surface area contributed by atoms with Crippen molar-refractivity contribution in [2.75, 3.05) is 24.5 Å². The van der Waals surface area contributed by atoms with Gasteiger partial charge in [0.05, 0.1) is 11.1 Å². The minimum Gasteiger partial charge on any atom is -0.386 e. The second-order valence-corrected chi connectivity index (χ2v) is 5.96. The SMILES string of the molecule is O=C(NC[C@H](O)c1c(F)cccc1F)c1ccc(N2CCCC2)nc1. The molecule has 5 nitrogen and oxygen atoms in total. The van der Waals surface area contributed by atoms with E-state index >= 15 is 0 Å². The lowest BCUT2D eigenvalue weighted by atomic mass is 10.1. The van der Waals surface area contributed by atoms with Crippen molar-refractivity contribution < 1.29 is 18.7 Å². The Balaban J connectivity index is 1.60. The zero-order chi connectivity index (χ0) is 17.8. The lowest BCUT2D eigenvalue weighted by molar-refractivity contribution is 0.0911. The number of hydrogen-bond acceptors (Lipinski definition) is 4. The highest BCUT2D eigenvalue weighted by Gasteiger charge is 2.19. The van der Waals surface area contributed by atoms with Crippen LogP contribution in [-0.2, 0) is 0 Å². The molecule has 0 saturated carbocycles. The Labute approximate surface area is 144 Å². The van der Waals surface area contributed by atoms with Crippen molar-refractivity contribution in [3.63, 3.8) is 0 Å². The molecule has 1 aromatic heterocycles. The van der Waals surface area contributed by atoms with Crippen molar-refractivity contribution in [2.45, 2.75) is 18.9 Å². The predicted molar refractivity (Wildman–Crippen MR) is 89.3 cm³/mol. The van der Waals surface area contributed by atoms with E-state index in [1.54, 1.807) is 12.1 Å². The van der Waals surface area contributed by atoms with Crippen molar-refractivity contribution in [1.29, 1.82) is 0 Å². The zero-order valence-electron chi connectivity index (χ0n) is 13.6. The average molecular weight is 347 g/mol. The van der Waals surface area contributed by atoms with Crippen LogP contribution in [-0.4, -0.2) is 35.6 Å². The number of anilines is 1. The highest BCUT2D eigenvalue weighted by Crippen LogP contribution is 2.20. The third-order valence-electron chi connectivity index (χ3n) is 4.23. The van der Waals surface area contributed by atoms with E-state index in [0.29, 0.717) is 5.56 Å². The Morgan fingerprint density at radius 3 is 2.48 bits per heavy atom. The summed E-state index contributed by atoms with van der Waals surface area (Å²) >= 11 is 0. The maximum atomic E-state index is 13.6. The molecule has 2 N–H and O–H groups in total. The molecule has 0 unspecified atom stereocenters. The van der Waals surface area contributed by atoms with Crippen LogP contribution in [0.1, 0.15) is 34.9 Å². The highest BCUT2D eigenvalue weighted by atomic mass is 19.1. The quantitative estimate of drug-likeness (QED) is 0.872. The number of amides is 1. The van der Waals surface area contributed by atoms with Crippen LogP contribution in [0.5, 0.6) is 0 Å². The third kappa shape index (κ3) is 3.93. The molecule has 1 aromatic carbocycles. The fourth-order valence-electron chi connectivity index (χ4n) is 2.88. The smallest absolute Gasteiger partial charge is 0.252 e. The lowest BCUT2D eigenvalue weighted by Gasteiger charge is -2.16. The molecule has 2 heterocycles. The number of aromatic nitrogens is 1. The third-order valence-corrected chi connectivity index (χ3v) is 4.23. The molecule has 2 aromatic rings. The van der Waals surface area contributed by atoms with E-state index in [4.69, 9.17) is 0 Å². The molecule has 132 valence electrons. The van der Waals surface area contributed by atoms with Crippen molar-refractivity contribution in [1.82, 2.24) is 10.3 Å². The lowest BCUT2D eigenvalue weighted by Crippen LogP contribution is -2.29. The van der Waals surface area contributed by atoms with E-state index in [2.05, 4.69) is 15.2 Å². The van der Waals surface area contributed by atoms with E-state index in [0.717, 1.165) is 43.9 Å². The summed E-state index contributed by atoms with van der Waals surface area (Å²) in [5.74, 6) is -1.34. The monoisotopic (exact) mass is 347 g/mol. The number of rotatable bonds is 5. The number of halogens is 2. The molecular weight excluding hydrogens is 328 g/mol. The number of hydrogen-bond donors (Lipinski definition) is 2. The van der Waals surface area contributed by atoms with Crippen LogP contribution < -0.4 is 10.2 Å². The van der Waals surface area contributed by atoms with Crippen molar-refractivity contribution in [3.05, 3.63) is 59.3 Å². The van der Waals surface area contributed by atoms with Gasteiger partial charge in [0.25, 0.3) is 5.91 Å². The average Bonchev–Trinajstić information content (AvgIpc) is 3.14. The van der Waals surface area contributed by atoms with Gasteiger partial charge in [-0.15, -0.1) is 0 Å². The number of benzene rings is 1. The first-order chi connectivity index (χ1) is 12.1. The topological polar surface area (TPSA) is 65.5 Å². The van der Waals surface area contributed by atoms with Crippen LogP contribution >= 0.6 is 0 Å². The van der Waals surface area contributed by atoms with Crippen LogP contribution in [0.4, 0.5) is 14.6 Å². The summed E-state index contributed by atoms with van der Waals surface area (Å²) in [6.45, 7) is 1.61. The van der Waals surface area contributed by atoms with Gasteiger partial charge in [-0.2, -0.15) is 0 Å². The minimum atomic E-state index is -1.47. The van der Waals surface area contributed by atoms with Gasteiger partial charge in [-0.05, 0) is 37.1 Å². The number of aliphatic hydroxyl groups excluding tert-OH is 1. The first-order valence-electron chi connectivity index (χ1n) is 8.17. The van der Waals surface area contributed by atoms with Crippen molar-refractivity contribution in [2.24, 2.45) is 0 Å². The Bertz CT molecular complexity index is 726. The summed E-state index contributed by atoms with van der Waals surface area (Å²) in [7, 11) is 0. The largest absolute Gasteiger partial charge is 0.386 e. The van der Waals surface area contributed by atoms with Gasteiger partial charge in [-0.25, -0.2) is 13.8 Å². The number of aliphatic hydroxyl groups is 1. The van der Waals surface area contributed by atoms with Gasteiger partial charge in [-0.3, -0.25) is 4.79 Å². The van der Waals surface area contributed by atoms with Gasteiger partial charge in [-0.1, -0.05) is 6.07 Å². The predicted octanol–water partition coefficient (Wildman–Crippen LogP) is 2.42. The molecule has 1 atom stereocenters. The summed E-state index contributed by atoms with van der Waals surface area (Å²) in [4.78, 5) is 18.5. The molecule has 0 radical (unpaired) electrons. The van der Waals surface area contributed by atoms with E-state index in [1.807, 2.05) is 0 Å². The van der Waals surface area contributed by atoms with E-state index in [-0.39, 0.29) is 6.54 Å². The molecule has 7 heteroatoms. The van der Waals surface area contributed by atoms with Gasteiger partial charge in [0.1, 0.15) is 23.6 Å². The van der Waals surface area contributed by atoms with Gasteiger partial charge in [0, 0.05) is 25.8 Å². The van der Waals surface area contributed by atoms with Crippen LogP contribution in [0.2, 0.25) is 0 Å².